The highest BCUT2D eigenvalue weighted by atomic mass is 19.4. The van der Waals surface area contributed by atoms with Crippen LogP contribution in [0.3, 0.4) is 0 Å². The summed E-state index contributed by atoms with van der Waals surface area (Å²) in [6, 6.07) is 10.2. The number of aliphatic hydroxyl groups excluding tert-OH is 1. The summed E-state index contributed by atoms with van der Waals surface area (Å²) in [5.74, 6) is 0.209. The Morgan fingerprint density at radius 2 is 1.81 bits per heavy atom. The molecule has 1 aromatic heterocycles. The van der Waals surface area contributed by atoms with Gasteiger partial charge in [-0.25, -0.2) is 0 Å². The third kappa shape index (κ3) is 4.63. The lowest BCUT2D eigenvalue weighted by atomic mass is 9.71. The van der Waals surface area contributed by atoms with Gasteiger partial charge in [0.15, 0.2) is 0 Å². The molecule has 3 aliphatic rings. The van der Waals surface area contributed by atoms with Crippen LogP contribution < -0.4 is 0 Å². The number of aliphatic hydroxyl groups is 1. The number of aromatic nitrogens is 1. The van der Waals surface area contributed by atoms with Crippen LogP contribution >= 0.6 is 0 Å². The number of halogens is 6. The third-order valence-electron chi connectivity index (χ3n) is 8.26. The molecule has 0 spiro atoms. The van der Waals surface area contributed by atoms with Gasteiger partial charge in [0.05, 0.1) is 29.7 Å². The van der Waals surface area contributed by atoms with Crippen LogP contribution in [0.25, 0.3) is 10.9 Å². The molecule has 37 heavy (non-hydrogen) atoms. The fourth-order valence-electron chi connectivity index (χ4n) is 6.48. The number of benzene rings is 2. The van der Waals surface area contributed by atoms with E-state index in [9.17, 15) is 31.4 Å². The standard InChI is InChI=1S/C28H27F6N2O/c1-2-17-15-36(16-19-13-20(27(29,30)31)7-8-23(19)28(32,33)34)12-10-18(17)14-25(36)26(37)22-9-11-35-24-6-4-3-5-21(22)24/h2-9,11,13,17-18,25-26,37H,1,10,12,14-16H2/q+1/t17-,18-,25+,26-,36-/m0/s1. The van der Waals surface area contributed by atoms with E-state index in [0.717, 1.165) is 5.39 Å². The van der Waals surface area contributed by atoms with Crippen molar-refractivity contribution in [1.29, 1.82) is 0 Å². The fraction of sp³-hybridized carbons (Fsp3) is 0.393. The Morgan fingerprint density at radius 3 is 2.51 bits per heavy atom. The van der Waals surface area contributed by atoms with Crippen molar-refractivity contribution in [3.8, 4) is 0 Å². The average Bonchev–Trinajstić information content (AvgIpc) is 2.86. The zero-order valence-corrected chi connectivity index (χ0v) is 19.9. The van der Waals surface area contributed by atoms with Crippen molar-refractivity contribution in [2.45, 2.75) is 43.9 Å². The highest BCUT2D eigenvalue weighted by Gasteiger charge is 2.54. The van der Waals surface area contributed by atoms with Crippen LogP contribution in [-0.2, 0) is 18.9 Å². The Balaban J connectivity index is 1.62. The molecular weight excluding hydrogens is 494 g/mol. The van der Waals surface area contributed by atoms with E-state index in [2.05, 4.69) is 11.6 Å². The maximum absolute atomic E-state index is 13.9. The third-order valence-corrected chi connectivity index (χ3v) is 8.26. The number of hydrogen-bond acceptors (Lipinski definition) is 2. The van der Waals surface area contributed by atoms with Crippen molar-refractivity contribution in [2.75, 3.05) is 13.1 Å². The summed E-state index contributed by atoms with van der Waals surface area (Å²) in [5, 5.41) is 12.5. The molecule has 6 rings (SSSR count). The first-order valence-electron chi connectivity index (χ1n) is 12.2. The molecule has 0 amide bonds. The molecule has 3 nitrogen and oxygen atoms in total. The topological polar surface area (TPSA) is 33.1 Å². The van der Waals surface area contributed by atoms with Crippen molar-refractivity contribution < 1.29 is 35.9 Å². The van der Waals surface area contributed by atoms with E-state index < -0.39 is 41.2 Å². The summed E-state index contributed by atoms with van der Waals surface area (Å²) in [6.07, 6.45) is -5.99. The minimum atomic E-state index is -4.81. The quantitative estimate of drug-likeness (QED) is 0.225. The number of hydrogen-bond donors (Lipinski definition) is 1. The average molecular weight is 522 g/mol. The SMILES string of the molecule is C=C[C@H]1C[N@+]2(Cc3cc(C(F)(F)F)ccc3C(F)(F)F)CC[C@H]1C[C@@H]2[C@@H](O)c1ccnc2ccccc12. The van der Waals surface area contributed by atoms with Gasteiger partial charge in [-0.2, -0.15) is 26.3 Å². The van der Waals surface area contributed by atoms with Gasteiger partial charge in [-0.05, 0) is 41.8 Å². The molecule has 4 heterocycles. The number of rotatable bonds is 5. The molecule has 0 saturated carbocycles. The summed E-state index contributed by atoms with van der Waals surface area (Å²) >= 11 is 0. The summed E-state index contributed by atoms with van der Waals surface area (Å²) in [5.41, 5.74) is -1.28. The molecule has 3 saturated heterocycles. The first-order chi connectivity index (χ1) is 17.4. The summed E-state index contributed by atoms with van der Waals surface area (Å²) < 4.78 is 82.4. The number of alkyl halides is 6. The van der Waals surface area contributed by atoms with Gasteiger partial charge < -0.3 is 9.59 Å². The van der Waals surface area contributed by atoms with Gasteiger partial charge >= 0.3 is 12.4 Å². The number of piperidine rings is 3. The van der Waals surface area contributed by atoms with Crippen LogP contribution in [0.1, 0.15) is 41.2 Å². The minimum Gasteiger partial charge on any atom is -0.382 e. The Hall–Kier alpha value is -2.91. The Kier molecular flexibility index (Phi) is 6.35. The summed E-state index contributed by atoms with van der Waals surface area (Å²) in [7, 11) is 0. The predicted octanol–water partition coefficient (Wildman–Crippen LogP) is 6.92. The van der Waals surface area contributed by atoms with Crippen LogP contribution in [0.2, 0.25) is 0 Å². The van der Waals surface area contributed by atoms with E-state index >= 15 is 0 Å². The lowest BCUT2D eigenvalue weighted by Crippen LogP contribution is -2.67. The maximum Gasteiger partial charge on any atom is 0.416 e. The molecule has 5 atom stereocenters. The highest BCUT2D eigenvalue weighted by molar-refractivity contribution is 5.82. The van der Waals surface area contributed by atoms with Crippen LogP contribution in [0.15, 0.2) is 67.4 Å². The molecule has 2 aromatic carbocycles. The maximum atomic E-state index is 13.9. The lowest BCUT2D eigenvalue weighted by molar-refractivity contribution is -0.985. The number of pyridine rings is 1. The van der Waals surface area contributed by atoms with E-state index in [1.54, 1.807) is 18.3 Å². The van der Waals surface area contributed by atoms with E-state index in [1.165, 1.54) is 0 Å². The Bertz CT molecular complexity index is 1310. The molecule has 196 valence electrons. The molecule has 3 fully saturated rings. The van der Waals surface area contributed by atoms with Crippen LogP contribution in [0.5, 0.6) is 0 Å². The van der Waals surface area contributed by atoms with Gasteiger partial charge in [-0.1, -0.05) is 24.3 Å². The van der Waals surface area contributed by atoms with Crippen LogP contribution in [0.4, 0.5) is 26.3 Å². The molecule has 1 N–H and O–H groups in total. The molecule has 3 aromatic rings. The van der Waals surface area contributed by atoms with Gasteiger partial charge in [0.2, 0.25) is 0 Å². The van der Waals surface area contributed by atoms with Crippen molar-refractivity contribution >= 4 is 10.9 Å². The van der Waals surface area contributed by atoms with Gasteiger partial charge in [0.1, 0.15) is 18.7 Å². The number of para-hydroxylation sites is 1. The predicted molar refractivity (Wildman–Crippen MR) is 127 cm³/mol. The fourth-order valence-corrected chi connectivity index (χ4v) is 6.48. The van der Waals surface area contributed by atoms with Gasteiger partial charge in [-0.15, -0.1) is 6.58 Å². The Morgan fingerprint density at radius 1 is 1.05 bits per heavy atom. The molecule has 0 unspecified atom stereocenters. The van der Waals surface area contributed by atoms with E-state index in [4.69, 9.17) is 0 Å². The zero-order valence-electron chi connectivity index (χ0n) is 19.9. The molecule has 2 bridgehead atoms. The lowest BCUT2D eigenvalue weighted by Gasteiger charge is -2.58. The second-order valence-electron chi connectivity index (χ2n) is 10.3. The number of fused-ring (bicyclic) bond motifs is 4. The second-order valence-corrected chi connectivity index (χ2v) is 10.3. The van der Waals surface area contributed by atoms with Gasteiger partial charge in [0, 0.05) is 35.9 Å². The number of quaternary nitrogens is 1. The molecular formula is C28H27F6N2O+. The van der Waals surface area contributed by atoms with Gasteiger partial charge in [-0.3, -0.25) is 4.98 Å². The van der Waals surface area contributed by atoms with Crippen molar-refractivity contribution in [1.82, 2.24) is 4.98 Å². The minimum absolute atomic E-state index is 0.00604. The van der Waals surface area contributed by atoms with Crippen LogP contribution in [-0.4, -0.2) is 33.7 Å². The second kappa shape index (κ2) is 9.13. The van der Waals surface area contributed by atoms with Gasteiger partial charge in [0.25, 0.3) is 0 Å². The molecule has 3 aliphatic heterocycles. The van der Waals surface area contributed by atoms with E-state index in [0.29, 0.717) is 55.2 Å². The monoisotopic (exact) mass is 521 g/mol. The largest absolute Gasteiger partial charge is 0.416 e. The first kappa shape index (κ1) is 25.7. The van der Waals surface area contributed by atoms with Crippen molar-refractivity contribution in [3.63, 3.8) is 0 Å². The van der Waals surface area contributed by atoms with Crippen LogP contribution in [0, 0.1) is 11.8 Å². The van der Waals surface area contributed by atoms with Crippen molar-refractivity contribution in [3.05, 3.63) is 89.6 Å². The number of nitrogens with zero attached hydrogens (tertiary/aromatic N) is 2. The highest BCUT2D eigenvalue weighted by Crippen LogP contribution is 2.49. The first-order valence-corrected chi connectivity index (χ1v) is 12.2. The molecule has 0 radical (unpaired) electrons. The smallest absolute Gasteiger partial charge is 0.382 e. The Labute approximate surface area is 210 Å². The summed E-state index contributed by atoms with van der Waals surface area (Å²) in [4.78, 5) is 4.34. The zero-order chi connectivity index (χ0) is 26.6. The molecule has 0 aliphatic carbocycles. The normalized spacial score (nSPS) is 26.8. The molecule has 9 heteroatoms. The van der Waals surface area contributed by atoms with E-state index in [-0.39, 0.29) is 22.9 Å². The van der Waals surface area contributed by atoms with E-state index in [1.807, 2.05) is 24.3 Å². The summed E-state index contributed by atoms with van der Waals surface area (Å²) in [6.45, 7) is 4.52. The van der Waals surface area contributed by atoms with Crippen molar-refractivity contribution in [2.24, 2.45) is 11.8 Å².